The second-order valence-electron chi connectivity index (χ2n) is 7.74. The summed E-state index contributed by atoms with van der Waals surface area (Å²) in [7, 11) is 1.28. The number of aromatic hydroxyl groups is 1. The van der Waals surface area contributed by atoms with E-state index < -0.39 is 17.4 Å². The van der Waals surface area contributed by atoms with Crippen LogP contribution in [0.15, 0.2) is 54.7 Å². The molecule has 32 heavy (non-hydrogen) atoms. The molecule has 0 bridgehead atoms. The zero-order chi connectivity index (χ0) is 23.3. The summed E-state index contributed by atoms with van der Waals surface area (Å²) in [4.78, 5) is 30.0. The summed E-state index contributed by atoms with van der Waals surface area (Å²) in [6, 6.07) is 14.0. The molecule has 8 nitrogen and oxygen atoms in total. The molecule has 0 spiro atoms. The maximum atomic E-state index is 13.3. The normalized spacial score (nSPS) is 10.9. The summed E-state index contributed by atoms with van der Waals surface area (Å²) < 4.78 is 10.5. The number of methoxy groups -OCH3 is 1. The van der Waals surface area contributed by atoms with E-state index in [-0.39, 0.29) is 24.3 Å². The lowest BCUT2D eigenvalue weighted by Gasteiger charge is -2.32. The number of nitriles is 1. The summed E-state index contributed by atoms with van der Waals surface area (Å²) in [5.41, 5.74) is -0.978. The lowest BCUT2D eigenvalue weighted by Crippen LogP contribution is -2.45. The van der Waals surface area contributed by atoms with Gasteiger partial charge in [-0.3, -0.25) is 9.59 Å². The zero-order valence-corrected chi connectivity index (χ0v) is 18.0. The minimum atomic E-state index is -0.968. The van der Waals surface area contributed by atoms with E-state index in [1.807, 2.05) is 24.4 Å². The number of benzene rings is 2. The van der Waals surface area contributed by atoms with Gasteiger partial charge in [0.15, 0.2) is 6.19 Å². The van der Waals surface area contributed by atoms with Crippen molar-refractivity contribution >= 4 is 22.6 Å². The molecule has 0 fully saturated rings. The molecule has 0 aliphatic carbocycles. The molecule has 1 N–H and O–H groups in total. The molecule has 1 amide bonds. The first-order chi connectivity index (χ1) is 15.3. The largest absolute Gasteiger partial charge is 0.506 e. The maximum Gasteiger partial charge on any atom is 0.305 e. The minimum absolute atomic E-state index is 0.0102. The number of hydrogen-bond acceptors (Lipinski definition) is 7. The monoisotopic (exact) mass is 433 g/mol. The van der Waals surface area contributed by atoms with Crippen molar-refractivity contribution in [2.24, 2.45) is 0 Å². The number of hydrogen-bond donors (Lipinski definition) is 1. The van der Waals surface area contributed by atoms with Crippen molar-refractivity contribution in [1.29, 1.82) is 5.26 Å². The highest BCUT2D eigenvalue weighted by molar-refractivity contribution is 6.07. The summed E-state index contributed by atoms with van der Waals surface area (Å²) in [5, 5.41) is 20.7. The van der Waals surface area contributed by atoms with E-state index in [9.17, 15) is 20.0 Å². The van der Waals surface area contributed by atoms with Crippen LogP contribution in [0.1, 0.15) is 37.2 Å². The van der Waals surface area contributed by atoms with Crippen LogP contribution in [0.25, 0.3) is 10.8 Å². The molecule has 164 valence electrons. The van der Waals surface area contributed by atoms with Crippen LogP contribution < -0.4 is 4.74 Å². The van der Waals surface area contributed by atoms with Crippen molar-refractivity contribution in [1.82, 2.24) is 9.88 Å². The van der Waals surface area contributed by atoms with Crippen molar-refractivity contribution in [3.8, 4) is 23.4 Å². The lowest BCUT2D eigenvalue weighted by atomic mass is 9.95. The highest BCUT2D eigenvalue weighted by atomic mass is 16.5. The van der Waals surface area contributed by atoms with Crippen LogP contribution in [-0.2, 0) is 9.53 Å². The van der Waals surface area contributed by atoms with Crippen molar-refractivity contribution in [2.75, 3.05) is 7.11 Å². The summed E-state index contributed by atoms with van der Waals surface area (Å²) >= 11 is 0. The quantitative estimate of drug-likeness (QED) is 0.334. The average molecular weight is 433 g/mol. The standard InChI is InChI=1S/C24H23N3O5/c1-24(2,12-11-21(29)31-3)27(15-25)23(30)22-19-13-17(32-16-7-5-4-6-8-16)9-10-18(19)20(28)14-26-22/h4-10,13-14,28H,11-12H2,1-3H3. The molecule has 0 unspecified atom stereocenters. The topological polar surface area (TPSA) is 113 Å². The van der Waals surface area contributed by atoms with Gasteiger partial charge in [-0.1, -0.05) is 18.2 Å². The Morgan fingerprint density at radius 1 is 1.12 bits per heavy atom. The Morgan fingerprint density at radius 3 is 2.50 bits per heavy atom. The number of rotatable bonds is 7. The molecule has 3 aromatic rings. The van der Waals surface area contributed by atoms with Gasteiger partial charge in [0, 0.05) is 17.2 Å². The summed E-state index contributed by atoms with van der Waals surface area (Å²) in [6.07, 6.45) is 3.35. The number of aromatic nitrogens is 1. The van der Waals surface area contributed by atoms with Gasteiger partial charge in [-0.25, -0.2) is 9.88 Å². The van der Waals surface area contributed by atoms with Crippen LogP contribution in [0.2, 0.25) is 0 Å². The van der Waals surface area contributed by atoms with E-state index >= 15 is 0 Å². The van der Waals surface area contributed by atoms with Gasteiger partial charge < -0.3 is 14.6 Å². The number of carbonyl (C=O) groups excluding carboxylic acids is 2. The van der Waals surface area contributed by atoms with E-state index in [2.05, 4.69) is 9.72 Å². The van der Waals surface area contributed by atoms with Gasteiger partial charge >= 0.3 is 5.97 Å². The Morgan fingerprint density at radius 2 is 1.84 bits per heavy atom. The van der Waals surface area contributed by atoms with Crippen LogP contribution in [0.4, 0.5) is 0 Å². The van der Waals surface area contributed by atoms with Gasteiger partial charge in [-0.15, -0.1) is 0 Å². The highest BCUT2D eigenvalue weighted by Gasteiger charge is 2.34. The van der Waals surface area contributed by atoms with Crippen LogP contribution in [0.5, 0.6) is 17.2 Å². The van der Waals surface area contributed by atoms with E-state index in [1.165, 1.54) is 13.3 Å². The van der Waals surface area contributed by atoms with Crippen molar-refractivity contribution in [3.63, 3.8) is 0 Å². The lowest BCUT2D eigenvalue weighted by molar-refractivity contribution is -0.141. The van der Waals surface area contributed by atoms with Crippen molar-refractivity contribution in [3.05, 3.63) is 60.4 Å². The van der Waals surface area contributed by atoms with Crippen LogP contribution in [0, 0.1) is 11.5 Å². The fraction of sp³-hybridized carbons (Fsp3) is 0.250. The van der Waals surface area contributed by atoms with Crippen LogP contribution in [0.3, 0.4) is 0 Å². The number of ether oxygens (including phenoxy) is 2. The Kier molecular flexibility index (Phi) is 6.59. The predicted octanol–water partition coefficient (Wildman–Crippen LogP) is 4.39. The van der Waals surface area contributed by atoms with Crippen LogP contribution >= 0.6 is 0 Å². The molecule has 0 saturated heterocycles. The maximum absolute atomic E-state index is 13.3. The summed E-state index contributed by atoms with van der Waals surface area (Å²) in [5.74, 6) is -0.131. The third-order valence-corrected chi connectivity index (χ3v) is 5.10. The molecule has 0 saturated carbocycles. The van der Waals surface area contributed by atoms with Gasteiger partial charge in [-0.05, 0) is 50.6 Å². The molecule has 0 radical (unpaired) electrons. The third kappa shape index (κ3) is 4.78. The molecule has 3 rings (SSSR count). The first-order valence-corrected chi connectivity index (χ1v) is 9.92. The van der Waals surface area contributed by atoms with Gasteiger partial charge in [0.2, 0.25) is 0 Å². The average Bonchev–Trinajstić information content (AvgIpc) is 2.78. The van der Waals surface area contributed by atoms with Crippen molar-refractivity contribution < 1.29 is 24.2 Å². The summed E-state index contributed by atoms with van der Waals surface area (Å²) in [6.45, 7) is 3.37. The molecule has 0 aliphatic rings. The Hall–Kier alpha value is -4.12. The Bertz CT molecular complexity index is 1190. The van der Waals surface area contributed by atoms with Crippen molar-refractivity contribution in [2.45, 2.75) is 32.2 Å². The Labute approximate surface area is 185 Å². The SMILES string of the molecule is COC(=O)CCC(C)(C)N(C#N)C(=O)c1ncc(O)c2ccc(Oc3ccccc3)cc12. The van der Waals surface area contributed by atoms with E-state index in [4.69, 9.17) is 4.74 Å². The first-order valence-electron chi connectivity index (χ1n) is 9.92. The van der Waals surface area contributed by atoms with Gasteiger partial charge in [0.05, 0.1) is 18.8 Å². The molecule has 2 aromatic carbocycles. The predicted molar refractivity (Wildman–Crippen MR) is 117 cm³/mol. The number of fused-ring (bicyclic) bond motifs is 1. The van der Waals surface area contributed by atoms with Gasteiger partial charge in [-0.2, -0.15) is 5.26 Å². The fourth-order valence-electron chi connectivity index (χ4n) is 3.25. The second kappa shape index (κ2) is 9.35. The zero-order valence-electron chi connectivity index (χ0n) is 18.0. The first kappa shape index (κ1) is 22.6. The van der Waals surface area contributed by atoms with Gasteiger partial charge in [0.25, 0.3) is 5.91 Å². The van der Waals surface area contributed by atoms with E-state index in [1.54, 1.807) is 44.2 Å². The van der Waals surface area contributed by atoms with Gasteiger partial charge in [0.1, 0.15) is 22.9 Å². The molecular weight excluding hydrogens is 410 g/mol. The van der Waals surface area contributed by atoms with E-state index in [0.717, 1.165) is 4.90 Å². The third-order valence-electron chi connectivity index (χ3n) is 5.10. The number of pyridine rings is 1. The second-order valence-corrected chi connectivity index (χ2v) is 7.74. The minimum Gasteiger partial charge on any atom is -0.506 e. The number of amides is 1. The number of para-hydroxylation sites is 1. The molecule has 0 aliphatic heterocycles. The molecular formula is C24H23N3O5. The number of carbonyl (C=O) groups is 2. The Balaban J connectivity index is 1.99. The van der Waals surface area contributed by atoms with Crippen LogP contribution in [-0.4, -0.2) is 39.5 Å². The fourth-order valence-corrected chi connectivity index (χ4v) is 3.25. The highest BCUT2D eigenvalue weighted by Crippen LogP contribution is 2.33. The molecule has 8 heteroatoms. The molecule has 1 heterocycles. The molecule has 0 atom stereocenters. The smallest absolute Gasteiger partial charge is 0.305 e. The molecule has 1 aromatic heterocycles. The number of nitrogens with zero attached hydrogens (tertiary/aromatic N) is 3. The number of esters is 1. The van der Waals surface area contributed by atoms with E-state index in [0.29, 0.717) is 22.3 Å².